The summed E-state index contributed by atoms with van der Waals surface area (Å²) in [6, 6.07) is 4.81. The van der Waals surface area contributed by atoms with Crippen LogP contribution in [0.5, 0.6) is 0 Å². The minimum Gasteiger partial charge on any atom is -0.327 e. The summed E-state index contributed by atoms with van der Waals surface area (Å²) in [7, 11) is 0. The monoisotopic (exact) mass is 242 g/mol. The number of hydrogen-bond acceptors (Lipinski definition) is 3. The van der Waals surface area contributed by atoms with Crippen LogP contribution >= 0.6 is 11.6 Å². The van der Waals surface area contributed by atoms with E-state index in [1.54, 1.807) is 12.1 Å². The molecule has 1 aromatic rings. The number of nitro groups is 1. The van der Waals surface area contributed by atoms with E-state index in [1.807, 2.05) is 13.8 Å². The van der Waals surface area contributed by atoms with Crippen molar-refractivity contribution in [3.8, 4) is 0 Å². The lowest BCUT2D eigenvalue weighted by molar-refractivity contribution is -0.384. The molecule has 0 radical (unpaired) electrons. The molecule has 0 aliphatic carbocycles. The van der Waals surface area contributed by atoms with Crippen molar-refractivity contribution in [2.45, 2.75) is 26.3 Å². The zero-order chi connectivity index (χ0) is 12.3. The third kappa shape index (κ3) is 3.18. The van der Waals surface area contributed by atoms with Crippen molar-refractivity contribution < 1.29 is 4.92 Å². The van der Waals surface area contributed by atoms with Gasteiger partial charge in [-0.25, -0.2) is 0 Å². The summed E-state index contributed by atoms with van der Waals surface area (Å²) in [5.41, 5.74) is 6.69. The zero-order valence-electron chi connectivity index (χ0n) is 9.31. The number of rotatable bonds is 4. The molecule has 5 heteroatoms. The summed E-state index contributed by atoms with van der Waals surface area (Å²) in [6.07, 6.45) is 0.621. The Kier molecular flexibility index (Phi) is 4.26. The SMILES string of the molecule is CC(C)C(N)Cc1ccc(Cl)c([N+](=O)[O-])c1. The minimum absolute atomic E-state index is 0.000722. The fraction of sp³-hybridized carbons (Fsp3) is 0.455. The molecule has 0 bridgehead atoms. The topological polar surface area (TPSA) is 69.2 Å². The molecule has 0 aliphatic heterocycles. The first-order valence-electron chi connectivity index (χ1n) is 5.10. The Balaban J connectivity index is 2.91. The second-order valence-corrected chi connectivity index (χ2v) is 4.56. The highest BCUT2D eigenvalue weighted by Gasteiger charge is 2.15. The van der Waals surface area contributed by atoms with Gasteiger partial charge in [0.05, 0.1) is 4.92 Å². The number of benzene rings is 1. The molecule has 0 saturated heterocycles. The van der Waals surface area contributed by atoms with E-state index >= 15 is 0 Å². The van der Waals surface area contributed by atoms with Crippen molar-refractivity contribution >= 4 is 17.3 Å². The first-order valence-corrected chi connectivity index (χ1v) is 5.48. The molecule has 0 fully saturated rings. The van der Waals surface area contributed by atoms with Gasteiger partial charge in [0.1, 0.15) is 5.02 Å². The van der Waals surface area contributed by atoms with Gasteiger partial charge in [0.25, 0.3) is 5.69 Å². The summed E-state index contributed by atoms with van der Waals surface area (Å²) < 4.78 is 0. The van der Waals surface area contributed by atoms with Gasteiger partial charge in [-0.15, -0.1) is 0 Å². The molecule has 0 aliphatic rings. The first-order chi connectivity index (χ1) is 7.41. The van der Waals surface area contributed by atoms with E-state index in [9.17, 15) is 10.1 Å². The van der Waals surface area contributed by atoms with Crippen molar-refractivity contribution in [3.63, 3.8) is 0 Å². The molecular formula is C11H15ClN2O2. The Morgan fingerprint density at radius 2 is 2.12 bits per heavy atom. The van der Waals surface area contributed by atoms with Gasteiger partial charge in [0.15, 0.2) is 0 Å². The zero-order valence-corrected chi connectivity index (χ0v) is 10.1. The average Bonchev–Trinajstić information content (AvgIpc) is 2.20. The van der Waals surface area contributed by atoms with Crippen LogP contribution in [0, 0.1) is 16.0 Å². The Bertz CT molecular complexity index is 394. The predicted molar refractivity (Wildman–Crippen MR) is 64.6 cm³/mol. The number of nitrogens with zero attached hydrogens (tertiary/aromatic N) is 1. The molecule has 1 atom stereocenters. The summed E-state index contributed by atoms with van der Waals surface area (Å²) in [4.78, 5) is 10.2. The van der Waals surface area contributed by atoms with Crippen LogP contribution in [-0.4, -0.2) is 11.0 Å². The third-order valence-electron chi connectivity index (χ3n) is 2.53. The lowest BCUT2D eigenvalue weighted by atomic mass is 9.97. The maximum atomic E-state index is 10.7. The van der Waals surface area contributed by atoms with Crippen LogP contribution in [0.4, 0.5) is 5.69 Å². The minimum atomic E-state index is -0.479. The van der Waals surface area contributed by atoms with E-state index in [1.165, 1.54) is 6.07 Å². The van der Waals surface area contributed by atoms with Crippen LogP contribution in [0.25, 0.3) is 0 Å². The van der Waals surface area contributed by atoms with Gasteiger partial charge in [-0.1, -0.05) is 31.5 Å². The van der Waals surface area contributed by atoms with Crippen molar-refractivity contribution in [2.75, 3.05) is 0 Å². The number of hydrogen-bond donors (Lipinski definition) is 1. The van der Waals surface area contributed by atoms with Crippen LogP contribution in [0.2, 0.25) is 5.02 Å². The normalized spacial score (nSPS) is 12.8. The molecule has 4 nitrogen and oxygen atoms in total. The molecule has 0 aromatic heterocycles. The van der Waals surface area contributed by atoms with Gasteiger partial charge in [-0.2, -0.15) is 0 Å². The average molecular weight is 243 g/mol. The lowest BCUT2D eigenvalue weighted by Crippen LogP contribution is -2.28. The standard InChI is InChI=1S/C11H15ClN2O2/c1-7(2)10(13)5-8-3-4-9(12)11(6-8)14(15)16/h3-4,6-7,10H,5,13H2,1-2H3. The van der Waals surface area contributed by atoms with Crippen LogP contribution in [0.3, 0.4) is 0 Å². The molecule has 0 spiro atoms. The Morgan fingerprint density at radius 3 is 2.62 bits per heavy atom. The van der Waals surface area contributed by atoms with Crippen LogP contribution in [0.1, 0.15) is 19.4 Å². The molecular weight excluding hydrogens is 228 g/mol. The number of nitro benzene ring substituents is 1. The van der Waals surface area contributed by atoms with Crippen molar-refractivity contribution in [1.82, 2.24) is 0 Å². The molecule has 16 heavy (non-hydrogen) atoms. The maximum absolute atomic E-state index is 10.7. The van der Waals surface area contributed by atoms with Crippen LogP contribution in [-0.2, 0) is 6.42 Å². The lowest BCUT2D eigenvalue weighted by Gasteiger charge is -2.15. The van der Waals surface area contributed by atoms with E-state index in [0.29, 0.717) is 12.3 Å². The summed E-state index contributed by atoms with van der Waals surface area (Å²) >= 11 is 5.72. The highest BCUT2D eigenvalue weighted by molar-refractivity contribution is 6.32. The summed E-state index contributed by atoms with van der Waals surface area (Å²) in [5.74, 6) is 0.342. The van der Waals surface area contributed by atoms with Gasteiger partial charge < -0.3 is 5.73 Å². The quantitative estimate of drug-likeness (QED) is 0.652. The highest BCUT2D eigenvalue weighted by Crippen LogP contribution is 2.25. The molecule has 0 heterocycles. The van der Waals surface area contributed by atoms with Gasteiger partial charge in [0.2, 0.25) is 0 Å². The predicted octanol–water partition coefficient (Wildman–Crippen LogP) is 2.77. The van der Waals surface area contributed by atoms with Gasteiger partial charge in [-0.05, 0) is 24.0 Å². The Morgan fingerprint density at radius 1 is 1.50 bits per heavy atom. The molecule has 0 amide bonds. The molecule has 1 rings (SSSR count). The van der Waals surface area contributed by atoms with Crippen LogP contribution < -0.4 is 5.73 Å². The largest absolute Gasteiger partial charge is 0.327 e. The summed E-state index contributed by atoms with van der Waals surface area (Å²) in [6.45, 7) is 4.05. The molecule has 1 unspecified atom stereocenters. The van der Waals surface area contributed by atoms with E-state index < -0.39 is 4.92 Å². The van der Waals surface area contributed by atoms with Crippen LogP contribution in [0.15, 0.2) is 18.2 Å². The smallest absolute Gasteiger partial charge is 0.288 e. The second kappa shape index (κ2) is 5.27. The fourth-order valence-corrected chi connectivity index (χ4v) is 1.52. The molecule has 88 valence electrons. The Hall–Kier alpha value is -1.13. The molecule has 2 N–H and O–H groups in total. The van der Waals surface area contributed by atoms with Gasteiger partial charge in [0, 0.05) is 12.1 Å². The second-order valence-electron chi connectivity index (χ2n) is 4.15. The first kappa shape index (κ1) is 12.9. The van der Waals surface area contributed by atoms with Crippen molar-refractivity contribution in [1.29, 1.82) is 0 Å². The highest BCUT2D eigenvalue weighted by atomic mass is 35.5. The molecule has 0 saturated carbocycles. The fourth-order valence-electron chi connectivity index (χ4n) is 1.33. The van der Waals surface area contributed by atoms with Crippen molar-refractivity contribution in [3.05, 3.63) is 38.9 Å². The van der Waals surface area contributed by atoms with E-state index in [4.69, 9.17) is 17.3 Å². The van der Waals surface area contributed by atoms with Gasteiger partial charge >= 0.3 is 0 Å². The Labute approximate surface area is 99.6 Å². The third-order valence-corrected chi connectivity index (χ3v) is 2.85. The number of halogens is 1. The summed E-state index contributed by atoms with van der Waals surface area (Å²) in [5, 5.41) is 10.8. The number of nitrogens with two attached hydrogens (primary N) is 1. The van der Waals surface area contributed by atoms with E-state index in [2.05, 4.69) is 0 Å². The van der Waals surface area contributed by atoms with Gasteiger partial charge in [-0.3, -0.25) is 10.1 Å². The molecule has 1 aromatic carbocycles. The van der Waals surface area contributed by atoms with Crippen molar-refractivity contribution in [2.24, 2.45) is 11.7 Å². The van der Waals surface area contributed by atoms with E-state index in [0.717, 1.165) is 5.56 Å². The maximum Gasteiger partial charge on any atom is 0.288 e. The van der Waals surface area contributed by atoms with E-state index in [-0.39, 0.29) is 16.8 Å².